The summed E-state index contributed by atoms with van der Waals surface area (Å²) in [7, 11) is 2.05. The quantitative estimate of drug-likeness (QED) is 0.498. The standard InChI is InChI=1S/C25H36N4O3.ClH/c1-3-4-7-20(16-9-11-17(26-2)12-10-16)27-21-8-5-6-18-19(21)15-29(25(18)32)22-13-14-23(30)28-24(22)31;/h5-6,8,16-17,20,22,26-27H,3-4,7,9-15H2,1-2H3,(H,28,30,31);1H/t16?,17?,20-,22-;/m1./s1. The van der Waals surface area contributed by atoms with Gasteiger partial charge in [-0.1, -0.05) is 25.8 Å². The Hall–Kier alpha value is -2.12. The Morgan fingerprint density at radius 3 is 2.55 bits per heavy atom. The molecule has 3 N–H and O–H groups in total. The van der Waals surface area contributed by atoms with E-state index in [4.69, 9.17) is 0 Å². The second kappa shape index (κ2) is 11.3. The number of anilines is 1. The van der Waals surface area contributed by atoms with Gasteiger partial charge >= 0.3 is 0 Å². The van der Waals surface area contributed by atoms with Crippen LogP contribution in [0, 0.1) is 5.92 Å². The van der Waals surface area contributed by atoms with Gasteiger partial charge in [-0.3, -0.25) is 19.7 Å². The number of unbranched alkanes of at least 4 members (excludes halogenated alkanes) is 1. The first-order valence-corrected chi connectivity index (χ1v) is 12.2. The second-order valence-corrected chi connectivity index (χ2v) is 9.53. The number of carbonyl (C=O) groups excluding carboxylic acids is 3. The SMILES string of the molecule is CCCC[C@@H](Nc1cccc2c1CN([C@@H]1CCC(=O)NC1=O)C2=O)C1CCC(NC)CC1.Cl. The minimum atomic E-state index is -0.576. The summed E-state index contributed by atoms with van der Waals surface area (Å²) in [5.41, 5.74) is 2.67. The summed E-state index contributed by atoms with van der Waals surface area (Å²) >= 11 is 0. The van der Waals surface area contributed by atoms with Gasteiger partial charge in [-0.25, -0.2) is 0 Å². The van der Waals surface area contributed by atoms with Crippen LogP contribution in [0.3, 0.4) is 0 Å². The van der Waals surface area contributed by atoms with Crippen molar-refractivity contribution in [1.29, 1.82) is 0 Å². The zero-order valence-corrected chi connectivity index (χ0v) is 20.5. The molecule has 0 radical (unpaired) electrons. The molecule has 4 rings (SSSR count). The average Bonchev–Trinajstić information content (AvgIpc) is 3.14. The molecule has 1 aliphatic carbocycles. The van der Waals surface area contributed by atoms with Crippen molar-refractivity contribution in [1.82, 2.24) is 15.5 Å². The van der Waals surface area contributed by atoms with E-state index in [2.05, 4.69) is 36.0 Å². The molecule has 1 saturated carbocycles. The van der Waals surface area contributed by atoms with Crippen LogP contribution in [0.1, 0.15) is 80.6 Å². The predicted molar refractivity (Wildman–Crippen MR) is 131 cm³/mol. The normalized spacial score (nSPS) is 25.8. The molecular weight excluding hydrogens is 440 g/mol. The fourth-order valence-corrected chi connectivity index (χ4v) is 5.58. The number of hydrogen-bond donors (Lipinski definition) is 3. The molecule has 7 nitrogen and oxygen atoms in total. The van der Waals surface area contributed by atoms with Crippen LogP contribution in [-0.4, -0.2) is 47.8 Å². The number of amides is 3. The third-order valence-corrected chi connectivity index (χ3v) is 7.54. The first kappa shape index (κ1) is 25.5. The van der Waals surface area contributed by atoms with Gasteiger partial charge in [-0.05, 0) is 63.6 Å². The van der Waals surface area contributed by atoms with E-state index in [1.54, 1.807) is 4.90 Å². The zero-order chi connectivity index (χ0) is 22.7. The lowest BCUT2D eigenvalue weighted by molar-refractivity contribution is -0.136. The molecule has 2 heterocycles. The summed E-state index contributed by atoms with van der Waals surface area (Å²) in [6.07, 6.45) is 8.97. The van der Waals surface area contributed by atoms with Crippen molar-refractivity contribution >= 4 is 35.8 Å². The lowest BCUT2D eigenvalue weighted by Crippen LogP contribution is -2.52. The molecule has 8 heteroatoms. The zero-order valence-electron chi connectivity index (χ0n) is 19.7. The summed E-state index contributed by atoms with van der Waals surface area (Å²) in [6, 6.07) is 6.29. The Bertz CT molecular complexity index is 869. The number of rotatable bonds is 8. The Balaban J connectivity index is 0.00000306. The highest BCUT2D eigenvalue weighted by Gasteiger charge is 2.40. The van der Waals surface area contributed by atoms with Gasteiger partial charge in [0.25, 0.3) is 5.91 Å². The third-order valence-electron chi connectivity index (χ3n) is 7.54. The van der Waals surface area contributed by atoms with E-state index >= 15 is 0 Å². The van der Waals surface area contributed by atoms with Crippen LogP contribution < -0.4 is 16.0 Å². The number of carbonyl (C=O) groups is 3. The molecule has 1 saturated heterocycles. The number of hydrogen-bond acceptors (Lipinski definition) is 5. The van der Waals surface area contributed by atoms with Gasteiger partial charge in [-0.2, -0.15) is 0 Å². The molecule has 33 heavy (non-hydrogen) atoms. The van der Waals surface area contributed by atoms with E-state index in [9.17, 15) is 14.4 Å². The van der Waals surface area contributed by atoms with Gasteiger partial charge in [0.1, 0.15) is 6.04 Å². The highest BCUT2D eigenvalue weighted by molar-refractivity contribution is 6.06. The van der Waals surface area contributed by atoms with Crippen LogP contribution in [0.5, 0.6) is 0 Å². The first-order valence-electron chi connectivity index (χ1n) is 12.2. The molecule has 1 aromatic rings. The number of halogens is 1. The van der Waals surface area contributed by atoms with Crippen LogP contribution in [0.25, 0.3) is 0 Å². The molecule has 0 spiro atoms. The van der Waals surface area contributed by atoms with Crippen molar-refractivity contribution in [2.45, 2.75) is 89.4 Å². The molecule has 1 aromatic carbocycles. The van der Waals surface area contributed by atoms with Crippen molar-refractivity contribution < 1.29 is 14.4 Å². The fourth-order valence-electron chi connectivity index (χ4n) is 5.58. The Morgan fingerprint density at radius 2 is 1.88 bits per heavy atom. The lowest BCUT2D eigenvalue weighted by atomic mass is 9.80. The number of nitrogens with zero attached hydrogens (tertiary/aromatic N) is 1. The Morgan fingerprint density at radius 1 is 1.12 bits per heavy atom. The Kier molecular flexibility index (Phi) is 8.76. The van der Waals surface area contributed by atoms with Crippen molar-refractivity contribution in [2.24, 2.45) is 5.92 Å². The predicted octanol–water partition coefficient (Wildman–Crippen LogP) is 3.62. The summed E-state index contributed by atoms with van der Waals surface area (Å²) in [5, 5.41) is 9.63. The maximum absolute atomic E-state index is 13.1. The van der Waals surface area contributed by atoms with Crippen LogP contribution in [0.15, 0.2) is 18.2 Å². The van der Waals surface area contributed by atoms with Gasteiger partial charge in [-0.15, -0.1) is 12.4 Å². The monoisotopic (exact) mass is 476 g/mol. The molecule has 3 amide bonds. The topological polar surface area (TPSA) is 90.5 Å². The summed E-state index contributed by atoms with van der Waals surface area (Å²) in [5.74, 6) is -0.105. The minimum absolute atomic E-state index is 0. The molecule has 182 valence electrons. The molecular formula is C25H37ClN4O3. The summed E-state index contributed by atoms with van der Waals surface area (Å²) < 4.78 is 0. The highest BCUT2D eigenvalue weighted by atomic mass is 35.5. The van der Waals surface area contributed by atoms with Crippen LogP contribution in [0.4, 0.5) is 5.69 Å². The number of benzene rings is 1. The second-order valence-electron chi connectivity index (χ2n) is 9.53. The first-order chi connectivity index (χ1) is 15.5. The minimum Gasteiger partial charge on any atom is -0.382 e. The fraction of sp³-hybridized carbons (Fsp3) is 0.640. The van der Waals surface area contributed by atoms with E-state index in [1.807, 2.05) is 12.1 Å². The Labute approximate surface area is 202 Å². The van der Waals surface area contributed by atoms with Gasteiger partial charge in [0.05, 0.1) is 0 Å². The highest BCUT2D eigenvalue weighted by Crippen LogP contribution is 2.35. The van der Waals surface area contributed by atoms with Gasteiger partial charge in [0.15, 0.2) is 0 Å². The van der Waals surface area contributed by atoms with E-state index in [-0.39, 0.29) is 36.5 Å². The van der Waals surface area contributed by atoms with Crippen LogP contribution >= 0.6 is 12.4 Å². The van der Waals surface area contributed by atoms with E-state index in [1.165, 1.54) is 38.5 Å². The maximum Gasteiger partial charge on any atom is 0.255 e. The van der Waals surface area contributed by atoms with Crippen LogP contribution in [-0.2, 0) is 16.1 Å². The number of imide groups is 1. The maximum atomic E-state index is 13.1. The smallest absolute Gasteiger partial charge is 0.255 e. The van der Waals surface area contributed by atoms with Crippen molar-refractivity contribution in [3.63, 3.8) is 0 Å². The molecule has 0 bridgehead atoms. The van der Waals surface area contributed by atoms with E-state index in [0.717, 1.165) is 17.7 Å². The largest absolute Gasteiger partial charge is 0.382 e. The number of piperidine rings is 1. The van der Waals surface area contributed by atoms with Crippen molar-refractivity contribution in [3.05, 3.63) is 29.3 Å². The molecule has 0 aromatic heterocycles. The summed E-state index contributed by atoms with van der Waals surface area (Å²) in [4.78, 5) is 38.7. The molecule has 2 atom stereocenters. The number of nitrogens with one attached hydrogen (secondary N) is 3. The van der Waals surface area contributed by atoms with Crippen molar-refractivity contribution in [2.75, 3.05) is 12.4 Å². The number of fused-ring (bicyclic) bond motifs is 1. The van der Waals surface area contributed by atoms with E-state index < -0.39 is 6.04 Å². The average molecular weight is 477 g/mol. The third kappa shape index (κ3) is 5.52. The van der Waals surface area contributed by atoms with Crippen LogP contribution in [0.2, 0.25) is 0 Å². The molecule has 0 unspecified atom stereocenters. The molecule has 2 aliphatic heterocycles. The molecule has 2 fully saturated rings. The van der Waals surface area contributed by atoms with Crippen molar-refractivity contribution in [3.8, 4) is 0 Å². The lowest BCUT2D eigenvalue weighted by Gasteiger charge is -2.35. The molecule has 3 aliphatic rings. The van der Waals surface area contributed by atoms with Gasteiger partial charge < -0.3 is 15.5 Å². The van der Waals surface area contributed by atoms with E-state index in [0.29, 0.717) is 36.5 Å². The van der Waals surface area contributed by atoms with Gasteiger partial charge in [0.2, 0.25) is 11.8 Å². The van der Waals surface area contributed by atoms with Gasteiger partial charge in [0, 0.05) is 41.9 Å². The summed E-state index contributed by atoms with van der Waals surface area (Å²) in [6.45, 7) is 2.64.